The van der Waals surface area contributed by atoms with Gasteiger partial charge in [0, 0.05) is 42.0 Å². The second kappa shape index (κ2) is 12.3. The molecule has 8 atom stereocenters. The number of hydroxylamine groups is 2. The maximum absolute atomic E-state index is 12.6. The molecule has 7 N–H and O–H groups in total. The second-order valence-electron chi connectivity index (χ2n) is 13.2. The quantitative estimate of drug-likeness (QED) is 0.190. The Morgan fingerprint density at radius 2 is 1.77 bits per heavy atom. The van der Waals surface area contributed by atoms with Crippen LogP contribution in [0.2, 0.25) is 0 Å². The number of hydrogen-bond acceptors (Lipinski definition) is 9. The number of nitrogens with zero attached hydrogens (tertiary/aromatic N) is 1. The van der Waals surface area contributed by atoms with Crippen LogP contribution in [-0.4, -0.2) is 109 Å². The van der Waals surface area contributed by atoms with Gasteiger partial charge in [-0.05, 0) is 65.7 Å². The summed E-state index contributed by atoms with van der Waals surface area (Å²) >= 11 is 1.81. The van der Waals surface area contributed by atoms with Crippen molar-refractivity contribution in [2.75, 3.05) is 12.3 Å². The number of rotatable bonds is 9. The Labute approximate surface area is 240 Å². The summed E-state index contributed by atoms with van der Waals surface area (Å²) in [7, 11) is 0. The van der Waals surface area contributed by atoms with Crippen LogP contribution in [0.4, 0.5) is 4.79 Å². The van der Waals surface area contributed by atoms with Crippen LogP contribution >= 0.6 is 11.8 Å². The molecule has 0 radical (unpaired) electrons. The molecule has 0 aromatic rings. The third kappa shape index (κ3) is 7.04. The number of thioether (sulfide) groups is 1. The molecule has 4 amide bonds. The first-order valence-electron chi connectivity index (χ1n) is 14.4. The molecule has 0 bridgehead atoms. The van der Waals surface area contributed by atoms with Crippen molar-refractivity contribution in [3.8, 4) is 0 Å². The van der Waals surface area contributed by atoms with E-state index in [1.165, 1.54) is 12.0 Å². The fraction of sp³-hybridized carbons (Fsp3) is 0.889. The van der Waals surface area contributed by atoms with E-state index in [9.17, 15) is 29.8 Å². The zero-order chi connectivity index (χ0) is 29.4. The lowest BCUT2D eigenvalue weighted by Gasteiger charge is -2.53. The van der Waals surface area contributed by atoms with Gasteiger partial charge in [-0.3, -0.25) is 9.59 Å². The number of aliphatic hydroxyl groups is 2. The Bertz CT molecular complexity index is 934. The van der Waals surface area contributed by atoms with E-state index in [4.69, 9.17) is 4.74 Å². The predicted octanol–water partition coefficient (Wildman–Crippen LogP) is 0.481. The summed E-state index contributed by atoms with van der Waals surface area (Å²) < 4.78 is 6.28. The number of hydrogen-bond donors (Lipinski definition) is 7. The van der Waals surface area contributed by atoms with Gasteiger partial charge in [-0.25, -0.2) is 4.79 Å². The largest absolute Gasteiger partial charge is 0.388 e. The molecular formula is C27H47N5O7S. The first-order valence-corrected chi connectivity index (χ1v) is 15.5. The molecule has 40 heavy (non-hydrogen) atoms. The number of carbonyl (C=O) groups is 3. The molecule has 4 rings (SSSR count). The van der Waals surface area contributed by atoms with E-state index in [1.54, 1.807) is 11.8 Å². The maximum atomic E-state index is 12.6. The summed E-state index contributed by atoms with van der Waals surface area (Å²) in [6.45, 7) is 9.32. The summed E-state index contributed by atoms with van der Waals surface area (Å²) in [5.74, 6) is 0.508. The van der Waals surface area contributed by atoms with Gasteiger partial charge >= 0.3 is 6.03 Å². The van der Waals surface area contributed by atoms with E-state index in [0.717, 1.165) is 12.2 Å². The topological polar surface area (TPSA) is 172 Å². The lowest BCUT2D eigenvalue weighted by Crippen LogP contribution is -2.65. The van der Waals surface area contributed by atoms with Crippen molar-refractivity contribution in [3.63, 3.8) is 0 Å². The average molecular weight is 586 g/mol. The number of aliphatic hydroxyl groups excluding tert-OH is 2. The number of ether oxygens (including phenoxy) is 1. The monoisotopic (exact) mass is 585 g/mol. The summed E-state index contributed by atoms with van der Waals surface area (Å²) in [4.78, 5) is 36.1. The van der Waals surface area contributed by atoms with Crippen LogP contribution in [-0.2, 0) is 14.3 Å². The molecule has 0 spiro atoms. The first-order chi connectivity index (χ1) is 18.7. The Balaban J connectivity index is 1.31. The minimum Gasteiger partial charge on any atom is -0.388 e. The highest BCUT2D eigenvalue weighted by atomic mass is 32.2. The van der Waals surface area contributed by atoms with Crippen molar-refractivity contribution >= 4 is 29.6 Å². The van der Waals surface area contributed by atoms with Crippen molar-refractivity contribution < 1.29 is 34.5 Å². The fourth-order valence-corrected chi connectivity index (χ4v) is 8.75. The van der Waals surface area contributed by atoms with Gasteiger partial charge in [-0.1, -0.05) is 0 Å². The van der Waals surface area contributed by atoms with Crippen LogP contribution in [0.1, 0.15) is 73.1 Å². The molecule has 4 saturated heterocycles. The molecule has 228 valence electrons. The Hall–Kier alpha value is -1.64. The fourth-order valence-electron chi connectivity index (χ4n) is 7.21. The van der Waals surface area contributed by atoms with Gasteiger partial charge in [0.1, 0.15) is 18.3 Å². The van der Waals surface area contributed by atoms with Crippen LogP contribution in [0, 0.1) is 5.92 Å². The normalized spacial score (nSPS) is 37.4. The molecule has 4 aliphatic rings. The van der Waals surface area contributed by atoms with Gasteiger partial charge in [0.25, 0.3) is 0 Å². The van der Waals surface area contributed by atoms with Crippen LogP contribution in [0.3, 0.4) is 0 Å². The van der Waals surface area contributed by atoms with Crippen LogP contribution < -0.4 is 21.3 Å². The number of nitrogens with one attached hydrogen (secondary N) is 4. The second-order valence-corrected chi connectivity index (χ2v) is 14.5. The minimum atomic E-state index is -1.29. The smallest absolute Gasteiger partial charge is 0.315 e. The predicted molar refractivity (Wildman–Crippen MR) is 150 cm³/mol. The molecule has 4 fully saturated rings. The highest BCUT2D eigenvalue weighted by molar-refractivity contribution is 8.00. The van der Waals surface area contributed by atoms with Crippen LogP contribution in [0.15, 0.2) is 0 Å². The maximum Gasteiger partial charge on any atom is 0.315 e. The van der Waals surface area contributed by atoms with E-state index < -0.39 is 41.5 Å². The SMILES string of the molecule is CC(=O)NC1[C@H](CC2CC(C)(C)N(O)C(C)(C)C2)OC(CNC(=O)CCC[C@@H]2SC[C@@H]3NC(=O)N[C@@H]32)[C@@H](O)[C@@H]1O. The van der Waals surface area contributed by atoms with Crippen LogP contribution in [0.25, 0.3) is 0 Å². The summed E-state index contributed by atoms with van der Waals surface area (Å²) in [5.41, 5.74) is -0.929. The summed E-state index contributed by atoms with van der Waals surface area (Å²) in [5, 5.41) is 45.7. The van der Waals surface area contributed by atoms with Crippen LogP contribution in [0.5, 0.6) is 0 Å². The van der Waals surface area contributed by atoms with Gasteiger partial charge in [0.15, 0.2) is 0 Å². The van der Waals surface area contributed by atoms with E-state index in [-0.39, 0.29) is 47.6 Å². The van der Waals surface area contributed by atoms with Crippen molar-refractivity contribution in [2.24, 2.45) is 5.92 Å². The molecule has 0 aromatic heterocycles. The molecule has 4 aliphatic heterocycles. The molecule has 12 nitrogen and oxygen atoms in total. The van der Waals surface area contributed by atoms with Gasteiger partial charge in [-0.15, -0.1) is 0 Å². The minimum absolute atomic E-state index is 0.0370. The molecule has 0 saturated carbocycles. The number of carbonyl (C=O) groups excluding carboxylic acids is 3. The standard InChI is InChI=1S/C27H47N5O7S/c1-14(33)29-22-17(9-15-10-26(2,3)32(38)27(4,5)11-15)39-18(23(35)24(22)36)12-28-20(34)8-6-7-19-21-16(13-40-19)30-25(37)31-21/h15-19,21-24,35-36,38H,6-13H2,1-5H3,(H,28,34)(H,29,33)(H2,30,31,37)/t16-,17-,18?,19-,21-,22?,23+,24+/m0/s1. The molecule has 2 unspecified atom stereocenters. The third-order valence-corrected chi connectivity index (χ3v) is 10.3. The molecular weight excluding hydrogens is 538 g/mol. The molecule has 0 aromatic carbocycles. The van der Waals surface area contributed by atoms with Gasteiger partial charge in [0.05, 0.1) is 24.2 Å². The van der Waals surface area contributed by atoms with E-state index in [2.05, 4.69) is 21.3 Å². The van der Waals surface area contributed by atoms with Gasteiger partial charge < -0.3 is 41.4 Å². The van der Waals surface area contributed by atoms with Gasteiger partial charge in [-0.2, -0.15) is 16.8 Å². The van der Waals surface area contributed by atoms with Crippen molar-refractivity contribution in [1.29, 1.82) is 0 Å². The third-order valence-electron chi connectivity index (χ3n) is 8.84. The van der Waals surface area contributed by atoms with E-state index in [1.807, 2.05) is 27.7 Å². The number of fused-ring (bicyclic) bond motifs is 1. The first kappa shape index (κ1) is 31.3. The number of urea groups is 1. The zero-order valence-corrected chi connectivity index (χ0v) is 25.0. The summed E-state index contributed by atoms with van der Waals surface area (Å²) in [6.07, 6.45) is -0.260. The Morgan fingerprint density at radius 1 is 1.10 bits per heavy atom. The Kier molecular flexibility index (Phi) is 9.63. The lowest BCUT2D eigenvalue weighted by atomic mass is 9.72. The van der Waals surface area contributed by atoms with Crippen molar-refractivity contribution in [1.82, 2.24) is 26.3 Å². The van der Waals surface area contributed by atoms with E-state index >= 15 is 0 Å². The van der Waals surface area contributed by atoms with E-state index in [0.29, 0.717) is 32.1 Å². The molecule has 0 aliphatic carbocycles. The summed E-state index contributed by atoms with van der Waals surface area (Å²) in [6, 6.07) is -0.676. The Morgan fingerprint density at radius 3 is 2.42 bits per heavy atom. The highest BCUT2D eigenvalue weighted by Crippen LogP contribution is 2.43. The molecule has 13 heteroatoms. The lowest BCUT2D eigenvalue weighted by molar-refractivity contribution is -0.255. The highest BCUT2D eigenvalue weighted by Gasteiger charge is 2.49. The van der Waals surface area contributed by atoms with Crippen molar-refractivity contribution in [2.45, 2.75) is 132 Å². The van der Waals surface area contributed by atoms with Crippen molar-refractivity contribution in [3.05, 3.63) is 0 Å². The average Bonchev–Trinajstić information content (AvgIpc) is 3.40. The zero-order valence-electron chi connectivity index (χ0n) is 24.2. The van der Waals surface area contributed by atoms with Gasteiger partial charge in [0.2, 0.25) is 11.8 Å². The number of piperidine rings is 1. The number of amides is 4. The molecule has 4 heterocycles.